The van der Waals surface area contributed by atoms with E-state index in [9.17, 15) is 0 Å². The molecule has 0 fully saturated rings. The zero-order valence-corrected chi connectivity index (χ0v) is 14.9. The van der Waals surface area contributed by atoms with E-state index in [0.29, 0.717) is 11.6 Å². The molecule has 4 aromatic heterocycles. The van der Waals surface area contributed by atoms with Gasteiger partial charge in [-0.2, -0.15) is 5.10 Å². The topological polar surface area (TPSA) is 74.0 Å². The Bertz CT molecular complexity index is 1240. The van der Waals surface area contributed by atoms with E-state index in [2.05, 4.69) is 15.3 Å². The molecule has 0 aliphatic carbocycles. The molecular weight excluding hydrogens is 348 g/mol. The van der Waals surface area contributed by atoms with Crippen molar-refractivity contribution in [3.8, 4) is 11.6 Å². The van der Waals surface area contributed by atoms with Crippen molar-refractivity contribution in [3.63, 3.8) is 0 Å². The van der Waals surface area contributed by atoms with Gasteiger partial charge in [0.15, 0.2) is 22.4 Å². The first-order valence-electron chi connectivity index (χ1n) is 8.07. The molecule has 1 aromatic carbocycles. The molecule has 0 saturated carbocycles. The summed E-state index contributed by atoms with van der Waals surface area (Å²) < 4.78 is 9.22. The molecule has 0 aliphatic rings. The van der Waals surface area contributed by atoms with Crippen molar-refractivity contribution in [1.82, 2.24) is 29.4 Å². The van der Waals surface area contributed by atoms with E-state index in [1.807, 2.05) is 65.5 Å². The van der Waals surface area contributed by atoms with Crippen LogP contribution in [0.5, 0.6) is 0 Å². The van der Waals surface area contributed by atoms with E-state index >= 15 is 0 Å². The van der Waals surface area contributed by atoms with Gasteiger partial charge in [0.1, 0.15) is 5.03 Å². The Morgan fingerprint density at radius 2 is 1.96 bits per heavy atom. The van der Waals surface area contributed by atoms with Gasteiger partial charge in [-0.25, -0.2) is 9.50 Å². The summed E-state index contributed by atoms with van der Waals surface area (Å²) in [6.07, 6.45) is 1.63. The highest BCUT2D eigenvalue weighted by Crippen LogP contribution is 2.33. The van der Waals surface area contributed by atoms with Crippen LogP contribution in [0.1, 0.15) is 5.69 Å². The summed E-state index contributed by atoms with van der Waals surface area (Å²) in [5, 5.41) is 15.7. The van der Waals surface area contributed by atoms with Crippen LogP contribution in [0.4, 0.5) is 0 Å². The van der Waals surface area contributed by atoms with Gasteiger partial charge < -0.3 is 8.98 Å². The van der Waals surface area contributed by atoms with Gasteiger partial charge in [-0.05, 0) is 36.9 Å². The molecule has 0 spiro atoms. The van der Waals surface area contributed by atoms with Crippen LogP contribution in [0.25, 0.3) is 28.1 Å². The molecule has 4 heterocycles. The molecule has 0 aliphatic heterocycles. The van der Waals surface area contributed by atoms with Crippen molar-refractivity contribution in [3.05, 3.63) is 54.4 Å². The largest absolute Gasteiger partial charge is 0.461 e. The fraction of sp³-hybridized carbons (Fsp3) is 0.111. The molecule has 5 aromatic rings. The predicted octanol–water partition coefficient (Wildman–Crippen LogP) is 3.73. The third kappa shape index (κ3) is 2.30. The van der Waals surface area contributed by atoms with Gasteiger partial charge in [0, 0.05) is 18.5 Å². The maximum absolute atomic E-state index is 5.43. The van der Waals surface area contributed by atoms with Crippen molar-refractivity contribution >= 4 is 28.3 Å². The highest BCUT2D eigenvalue weighted by Gasteiger charge is 2.17. The molecule has 0 saturated heterocycles. The number of benzene rings is 1. The van der Waals surface area contributed by atoms with Crippen LogP contribution in [-0.2, 0) is 7.05 Å². The van der Waals surface area contributed by atoms with Gasteiger partial charge in [-0.15, -0.1) is 10.2 Å². The Labute approximate surface area is 152 Å². The van der Waals surface area contributed by atoms with Gasteiger partial charge in [0.25, 0.3) is 0 Å². The molecule has 0 amide bonds. The second kappa shape index (κ2) is 5.70. The maximum Gasteiger partial charge on any atom is 0.200 e. The van der Waals surface area contributed by atoms with Crippen molar-refractivity contribution in [2.75, 3.05) is 0 Å². The number of para-hydroxylation sites is 1. The molecular formula is C18H14N6OS. The average Bonchev–Trinajstić information content (AvgIpc) is 3.36. The van der Waals surface area contributed by atoms with Crippen molar-refractivity contribution in [1.29, 1.82) is 0 Å². The number of hydrogen-bond donors (Lipinski definition) is 0. The van der Waals surface area contributed by atoms with Crippen molar-refractivity contribution in [2.45, 2.75) is 17.1 Å². The average molecular weight is 362 g/mol. The molecule has 8 heteroatoms. The number of aromatic nitrogens is 6. The SMILES string of the molecule is Cc1cc2nc(Sc3nnc(-c4ccco4)n3C)c3ccccc3n2n1. The van der Waals surface area contributed by atoms with Gasteiger partial charge in [0.2, 0.25) is 0 Å². The molecule has 0 atom stereocenters. The van der Waals surface area contributed by atoms with Crippen LogP contribution in [0, 0.1) is 6.92 Å². The second-order valence-corrected chi connectivity index (χ2v) is 6.89. The fourth-order valence-electron chi connectivity index (χ4n) is 2.93. The summed E-state index contributed by atoms with van der Waals surface area (Å²) in [5.41, 5.74) is 2.77. The number of nitrogens with zero attached hydrogens (tertiary/aromatic N) is 6. The van der Waals surface area contributed by atoms with Crippen LogP contribution in [0.2, 0.25) is 0 Å². The Kier molecular flexibility index (Phi) is 3.32. The van der Waals surface area contributed by atoms with Crippen LogP contribution >= 0.6 is 11.8 Å². The van der Waals surface area contributed by atoms with E-state index in [1.165, 1.54) is 11.8 Å². The zero-order valence-electron chi connectivity index (χ0n) is 14.1. The third-order valence-electron chi connectivity index (χ3n) is 4.16. The number of fused-ring (bicyclic) bond motifs is 3. The van der Waals surface area contributed by atoms with Gasteiger partial charge in [-0.3, -0.25) is 0 Å². The van der Waals surface area contributed by atoms with E-state index in [4.69, 9.17) is 9.40 Å². The van der Waals surface area contributed by atoms with Crippen molar-refractivity contribution < 1.29 is 4.42 Å². The molecule has 0 unspecified atom stereocenters. The van der Waals surface area contributed by atoms with Crippen LogP contribution in [0.3, 0.4) is 0 Å². The fourth-order valence-corrected chi connectivity index (χ4v) is 3.83. The Balaban J connectivity index is 1.65. The third-order valence-corrected chi connectivity index (χ3v) is 5.20. The molecule has 0 N–H and O–H groups in total. The van der Waals surface area contributed by atoms with E-state index < -0.39 is 0 Å². The molecule has 5 rings (SSSR count). The maximum atomic E-state index is 5.43. The van der Waals surface area contributed by atoms with Gasteiger partial charge in [0.05, 0.1) is 17.5 Å². The predicted molar refractivity (Wildman–Crippen MR) is 98.1 cm³/mol. The Hall–Kier alpha value is -3.13. The quantitative estimate of drug-likeness (QED) is 0.455. The smallest absolute Gasteiger partial charge is 0.200 e. The van der Waals surface area contributed by atoms with Gasteiger partial charge in [-0.1, -0.05) is 18.2 Å². The number of rotatable bonds is 3. The van der Waals surface area contributed by atoms with Crippen molar-refractivity contribution in [2.24, 2.45) is 7.05 Å². The molecule has 0 bridgehead atoms. The van der Waals surface area contributed by atoms with Crippen LogP contribution in [-0.4, -0.2) is 29.4 Å². The summed E-state index contributed by atoms with van der Waals surface area (Å²) >= 11 is 1.48. The standard InChI is InChI=1S/C18H14N6OS/c1-11-10-15-19-17(12-6-3-4-7-13(12)24(15)22-11)26-18-21-20-16(23(18)2)14-8-5-9-25-14/h3-10H,1-2H3. The van der Waals surface area contributed by atoms with Crippen LogP contribution < -0.4 is 0 Å². The summed E-state index contributed by atoms with van der Waals surface area (Å²) in [5.74, 6) is 1.37. The number of furan rings is 1. The molecule has 26 heavy (non-hydrogen) atoms. The minimum Gasteiger partial charge on any atom is -0.461 e. The lowest BCUT2D eigenvalue weighted by molar-refractivity contribution is 0.572. The summed E-state index contributed by atoms with van der Waals surface area (Å²) in [6, 6.07) is 13.8. The normalized spacial score (nSPS) is 11.6. The molecule has 128 valence electrons. The minimum absolute atomic E-state index is 0.683. The monoisotopic (exact) mass is 362 g/mol. The highest BCUT2D eigenvalue weighted by atomic mass is 32.2. The Morgan fingerprint density at radius 1 is 1.08 bits per heavy atom. The van der Waals surface area contributed by atoms with E-state index in [-0.39, 0.29) is 0 Å². The summed E-state index contributed by atoms with van der Waals surface area (Å²) in [7, 11) is 1.92. The zero-order chi connectivity index (χ0) is 17.7. The first-order chi connectivity index (χ1) is 12.7. The minimum atomic E-state index is 0.683. The summed E-state index contributed by atoms with van der Waals surface area (Å²) in [4.78, 5) is 4.79. The first kappa shape index (κ1) is 15.2. The molecule has 7 nitrogen and oxygen atoms in total. The Morgan fingerprint density at radius 3 is 2.81 bits per heavy atom. The van der Waals surface area contributed by atoms with E-state index in [0.717, 1.165) is 32.4 Å². The first-order valence-corrected chi connectivity index (χ1v) is 8.88. The number of aryl methyl sites for hydroxylation is 1. The van der Waals surface area contributed by atoms with E-state index in [1.54, 1.807) is 6.26 Å². The number of hydrogen-bond acceptors (Lipinski definition) is 6. The van der Waals surface area contributed by atoms with Gasteiger partial charge >= 0.3 is 0 Å². The lowest BCUT2D eigenvalue weighted by Crippen LogP contribution is -1.98. The highest BCUT2D eigenvalue weighted by molar-refractivity contribution is 7.99. The molecule has 0 radical (unpaired) electrons. The van der Waals surface area contributed by atoms with Crippen LogP contribution in [0.15, 0.2) is 63.3 Å². The second-order valence-electron chi connectivity index (χ2n) is 5.93. The lowest BCUT2D eigenvalue weighted by atomic mass is 10.2. The summed E-state index contributed by atoms with van der Waals surface area (Å²) in [6.45, 7) is 1.97. The lowest BCUT2D eigenvalue weighted by Gasteiger charge is -2.07.